The van der Waals surface area contributed by atoms with E-state index in [0.717, 1.165) is 94.3 Å². The van der Waals surface area contributed by atoms with Crippen LogP contribution in [-0.2, 0) is 10.2 Å². The number of carboxylic acids is 1. The molecule has 3 heterocycles. The van der Waals surface area contributed by atoms with Crippen LogP contribution in [0.25, 0.3) is 16.6 Å². The van der Waals surface area contributed by atoms with E-state index in [1.54, 1.807) is 6.07 Å². The number of piperidine rings is 1. The summed E-state index contributed by atoms with van der Waals surface area (Å²) in [6.45, 7) is 2.06. The maximum atomic E-state index is 13.2. The molecule has 3 fully saturated rings. The van der Waals surface area contributed by atoms with Gasteiger partial charge in [0.2, 0.25) is 0 Å². The third kappa shape index (κ3) is 4.05. The summed E-state index contributed by atoms with van der Waals surface area (Å²) in [5.41, 5.74) is 4.29. The molecule has 0 radical (unpaired) electrons. The predicted molar refractivity (Wildman–Crippen MR) is 153 cm³/mol. The van der Waals surface area contributed by atoms with E-state index in [1.165, 1.54) is 17.5 Å². The first-order chi connectivity index (χ1) is 19.0. The van der Waals surface area contributed by atoms with Gasteiger partial charge >= 0.3 is 5.97 Å². The molecule has 4 aliphatic rings. The first-order valence-electron chi connectivity index (χ1n) is 14.8. The Labute approximate surface area is 234 Å². The smallest absolute Gasteiger partial charge is 0.306 e. The van der Waals surface area contributed by atoms with Gasteiger partial charge in [-0.3, -0.25) is 14.2 Å². The summed E-state index contributed by atoms with van der Waals surface area (Å²) in [4.78, 5) is 32.1. The molecule has 2 aliphatic heterocycles. The highest BCUT2D eigenvalue weighted by Gasteiger charge is 2.47. The van der Waals surface area contributed by atoms with Gasteiger partial charge in [-0.25, -0.2) is 0 Å². The molecule has 1 saturated heterocycles. The number of likely N-dealkylation sites (tertiary alicyclic amines) is 1. The minimum absolute atomic E-state index is 0.182. The molecule has 2 saturated carbocycles. The van der Waals surface area contributed by atoms with Crippen molar-refractivity contribution in [2.24, 2.45) is 5.92 Å². The van der Waals surface area contributed by atoms with Crippen LogP contribution in [0, 0.1) is 5.92 Å². The van der Waals surface area contributed by atoms with Gasteiger partial charge in [0.1, 0.15) is 5.82 Å². The molecule has 1 spiro atoms. The number of aliphatic carboxylic acids is 1. The SMILES string of the molecule is O=C(O)C1CCCC(N2CCC(c3ccc4c(c3)C3(CCCCC3)c3nc(=O)c5c(Cl)cccc5n3-4)CC2)C1. The number of hydrogen-bond acceptors (Lipinski definition) is 4. The number of halogens is 1. The lowest BCUT2D eigenvalue weighted by molar-refractivity contribution is -0.143. The zero-order valence-electron chi connectivity index (χ0n) is 22.4. The van der Waals surface area contributed by atoms with Gasteiger partial charge in [0.05, 0.1) is 32.9 Å². The maximum Gasteiger partial charge on any atom is 0.306 e. The topological polar surface area (TPSA) is 75.4 Å². The van der Waals surface area contributed by atoms with Gasteiger partial charge in [-0.2, -0.15) is 4.98 Å². The van der Waals surface area contributed by atoms with Gasteiger partial charge in [-0.05, 0) is 93.3 Å². The van der Waals surface area contributed by atoms with E-state index in [0.29, 0.717) is 22.4 Å². The van der Waals surface area contributed by atoms with Crippen molar-refractivity contribution in [1.82, 2.24) is 14.5 Å². The van der Waals surface area contributed by atoms with Crippen LogP contribution < -0.4 is 5.56 Å². The molecule has 7 rings (SSSR count). The molecule has 2 aliphatic carbocycles. The van der Waals surface area contributed by atoms with Crippen molar-refractivity contribution >= 4 is 28.5 Å². The van der Waals surface area contributed by atoms with Crippen LogP contribution >= 0.6 is 11.6 Å². The average Bonchev–Trinajstić information content (AvgIpc) is 3.22. The zero-order chi connectivity index (χ0) is 26.7. The van der Waals surface area contributed by atoms with Crippen molar-refractivity contribution < 1.29 is 9.90 Å². The molecule has 2 atom stereocenters. The Hall–Kier alpha value is -2.70. The second-order valence-corrected chi connectivity index (χ2v) is 12.7. The number of rotatable bonds is 3. The minimum atomic E-state index is -0.628. The van der Waals surface area contributed by atoms with E-state index in [1.807, 2.05) is 12.1 Å². The molecule has 204 valence electrons. The summed E-state index contributed by atoms with van der Waals surface area (Å²) in [5.74, 6) is 0.582. The van der Waals surface area contributed by atoms with Gasteiger partial charge in [0.25, 0.3) is 5.56 Å². The monoisotopic (exact) mass is 545 g/mol. The standard InChI is InChI=1S/C32H36ClN3O3/c33-25-8-5-9-27-28(25)29(37)34-31-32(14-2-1-3-15-32)24-19-21(10-11-26(24)36(27)31)20-12-16-35(17-13-20)23-7-4-6-22(18-23)30(38)39/h5,8-11,19-20,22-23H,1-4,6-7,12-18H2,(H,38,39). The summed E-state index contributed by atoms with van der Waals surface area (Å²) in [6.07, 6.45) is 11.5. The highest BCUT2D eigenvalue weighted by atomic mass is 35.5. The molecular formula is C32H36ClN3O3. The lowest BCUT2D eigenvalue weighted by Gasteiger charge is -2.41. The van der Waals surface area contributed by atoms with Crippen LogP contribution in [0.3, 0.4) is 0 Å². The second-order valence-electron chi connectivity index (χ2n) is 12.3. The van der Waals surface area contributed by atoms with Gasteiger partial charge in [-0.1, -0.05) is 55.5 Å². The molecule has 3 aromatic rings. The number of nitrogens with zero attached hydrogens (tertiary/aromatic N) is 3. The Kier molecular flexibility index (Phi) is 6.31. The summed E-state index contributed by atoms with van der Waals surface area (Å²) >= 11 is 6.50. The van der Waals surface area contributed by atoms with E-state index < -0.39 is 5.97 Å². The Morgan fingerprint density at radius 1 is 1.00 bits per heavy atom. The molecule has 1 N–H and O–H groups in total. The summed E-state index contributed by atoms with van der Waals surface area (Å²) in [7, 11) is 0. The lowest BCUT2D eigenvalue weighted by Crippen LogP contribution is -2.44. The summed E-state index contributed by atoms with van der Waals surface area (Å²) < 4.78 is 2.22. The van der Waals surface area contributed by atoms with Crippen molar-refractivity contribution in [3.05, 3.63) is 68.7 Å². The Bertz CT molecular complexity index is 1500. The van der Waals surface area contributed by atoms with Crippen molar-refractivity contribution in [3.63, 3.8) is 0 Å². The largest absolute Gasteiger partial charge is 0.481 e. The third-order valence-electron chi connectivity index (χ3n) is 10.3. The molecule has 2 aromatic carbocycles. The zero-order valence-corrected chi connectivity index (χ0v) is 23.1. The minimum Gasteiger partial charge on any atom is -0.481 e. The predicted octanol–water partition coefficient (Wildman–Crippen LogP) is 6.43. The molecule has 39 heavy (non-hydrogen) atoms. The third-order valence-corrected chi connectivity index (χ3v) is 10.6. The van der Waals surface area contributed by atoms with Crippen LogP contribution in [0.4, 0.5) is 0 Å². The van der Waals surface area contributed by atoms with Crippen molar-refractivity contribution in [2.75, 3.05) is 13.1 Å². The Balaban J connectivity index is 1.22. The first kappa shape index (κ1) is 25.3. The van der Waals surface area contributed by atoms with Gasteiger partial charge < -0.3 is 10.0 Å². The van der Waals surface area contributed by atoms with E-state index in [2.05, 4.69) is 27.7 Å². The van der Waals surface area contributed by atoms with Crippen LogP contribution in [0.5, 0.6) is 0 Å². The molecule has 0 amide bonds. The number of carbonyl (C=O) groups is 1. The number of benzene rings is 2. The normalized spacial score (nSPS) is 25.1. The van der Waals surface area contributed by atoms with Crippen molar-refractivity contribution in [2.45, 2.75) is 88.0 Å². The fourth-order valence-corrected chi connectivity index (χ4v) is 8.51. The molecule has 7 heteroatoms. The average molecular weight is 546 g/mol. The molecule has 6 nitrogen and oxygen atoms in total. The molecule has 0 bridgehead atoms. The van der Waals surface area contributed by atoms with E-state index >= 15 is 0 Å². The number of carboxylic acid groups (broad SMARTS) is 1. The van der Waals surface area contributed by atoms with Crippen LogP contribution in [-0.4, -0.2) is 44.7 Å². The van der Waals surface area contributed by atoms with E-state index in [-0.39, 0.29) is 16.9 Å². The molecule has 2 unspecified atom stereocenters. The fraction of sp³-hybridized carbons (Fsp3) is 0.531. The van der Waals surface area contributed by atoms with Crippen LogP contribution in [0.1, 0.15) is 93.5 Å². The van der Waals surface area contributed by atoms with Gasteiger partial charge in [0.15, 0.2) is 0 Å². The van der Waals surface area contributed by atoms with Crippen LogP contribution in [0.2, 0.25) is 5.02 Å². The molecular weight excluding hydrogens is 510 g/mol. The number of aromatic nitrogens is 2. The van der Waals surface area contributed by atoms with E-state index in [4.69, 9.17) is 16.6 Å². The number of fused-ring (bicyclic) bond motifs is 7. The van der Waals surface area contributed by atoms with Crippen molar-refractivity contribution in [1.29, 1.82) is 0 Å². The van der Waals surface area contributed by atoms with E-state index in [9.17, 15) is 14.7 Å². The molecule has 1 aromatic heterocycles. The summed E-state index contributed by atoms with van der Waals surface area (Å²) in [6, 6.07) is 13.1. The van der Waals surface area contributed by atoms with Gasteiger partial charge in [0, 0.05) is 6.04 Å². The van der Waals surface area contributed by atoms with Crippen molar-refractivity contribution in [3.8, 4) is 5.69 Å². The number of hydrogen-bond donors (Lipinski definition) is 1. The highest BCUT2D eigenvalue weighted by molar-refractivity contribution is 6.35. The summed E-state index contributed by atoms with van der Waals surface area (Å²) in [5, 5.41) is 10.5. The quantitative estimate of drug-likeness (QED) is 0.410. The first-order valence-corrected chi connectivity index (χ1v) is 15.2. The van der Waals surface area contributed by atoms with Gasteiger partial charge in [-0.15, -0.1) is 0 Å². The fourth-order valence-electron chi connectivity index (χ4n) is 8.26. The lowest BCUT2D eigenvalue weighted by atomic mass is 9.69. The Morgan fingerprint density at radius 3 is 2.56 bits per heavy atom. The second kappa shape index (κ2) is 9.74. The maximum absolute atomic E-state index is 13.2. The highest BCUT2D eigenvalue weighted by Crippen LogP contribution is 2.52. The Morgan fingerprint density at radius 2 is 1.79 bits per heavy atom. The van der Waals surface area contributed by atoms with Crippen LogP contribution in [0.15, 0.2) is 41.2 Å².